The second-order valence-corrected chi connectivity index (χ2v) is 4.18. The van der Waals surface area contributed by atoms with Crippen LogP contribution in [0.25, 0.3) is 0 Å². The highest BCUT2D eigenvalue weighted by atomic mass is 16.5. The van der Waals surface area contributed by atoms with Crippen molar-refractivity contribution in [3.05, 3.63) is 52.9 Å². The quantitative estimate of drug-likeness (QED) is 0.776. The Balaban J connectivity index is 1.88. The van der Waals surface area contributed by atoms with Crippen molar-refractivity contribution < 1.29 is 4.74 Å². The number of aromatic nitrogens is 2. The highest BCUT2D eigenvalue weighted by Crippen LogP contribution is 2.07. The Morgan fingerprint density at radius 2 is 2.10 bits per heavy atom. The van der Waals surface area contributed by atoms with E-state index in [2.05, 4.69) is 10.4 Å². The maximum Gasteiger partial charge on any atom is 0.268 e. The summed E-state index contributed by atoms with van der Waals surface area (Å²) in [4.78, 5) is 11.8. The van der Waals surface area contributed by atoms with E-state index in [1.807, 2.05) is 30.3 Å². The first kappa shape index (κ1) is 14.1. The number of hydrogen-bond donors (Lipinski definition) is 2. The fraction of sp³-hybridized carbons (Fsp3) is 0.286. The fourth-order valence-corrected chi connectivity index (χ4v) is 1.68. The van der Waals surface area contributed by atoms with E-state index in [9.17, 15) is 4.79 Å². The SMILES string of the molecule is NCCNc1cnn(CCOc2ccccc2)c(=O)c1. The Morgan fingerprint density at radius 3 is 2.80 bits per heavy atom. The summed E-state index contributed by atoms with van der Waals surface area (Å²) < 4.78 is 6.90. The van der Waals surface area contributed by atoms with E-state index in [4.69, 9.17) is 10.5 Å². The van der Waals surface area contributed by atoms with Gasteiger partial charge in [-0.2, -0.15) is 5.10 Å². The number of hydrogen-bond acceptors (Lipinski definition) is 5. The van der Waals surface area contributed by atoms with Crippen LogP contribution >= 0.6 is 0 Å². The molecule has 1 heterocycles. The van der Waals surface area contributed by atoms with E-state index in [1.54, 1.807) is 6.20 Å². The third-order valence-corrected chi connectivity index (χ3v) is 2.66. The van der Waals surface area contributed by atoms with Gasteiger partial charge in [0.2, 0.25) is 0 Å². The van der Waals surface area contributed by atoms with Crippen LogP contribution < -0.4 is 21.3 Å². The van der Waals surface area contributed by atoms with Crippen molar-refractivity contribution in [2.45, 2.75) is 6.54 Å². The molecule has 0 amide bonds. The van der Waals surface area contributed by atoms with Crippen LogP contribution in [-0.2, 0) is 6.54 Å². The minimum Gasteiger partial charge on any atom is -0.492 e. The standard InChI is InChI=1S/C14H18N4O2/c15-6-7-16-12-10-14(19)18(17-11-12)8-9-20-13-4-2-1-3-5-13/h1-5,10-11,16H,6-9,15H2. The van der Waals surface area contributed by atoms with Crippen molar-refractivity contribution in [2.75, 3.05) is 25.0 Å². The average Bonchev–Trinajstić information content (AvgIpc) is 2.48. The van der Waals surface area contributed by atoms with Crippen molar-refractivity contribution >= 4 is 5.69 Å². The Morgan fingerprint density at radius 1 is 1.30 bits per heavy atom. The van der Waals surface area contributed by atoms with Crippen LogP contribution in [0.2, 0.25) is 0 Å². The smallest absolute Gasteiger partial charge is 0.268 e. The third-order valence-electron chi connectivity index (χ3n) is 2.66. The van der Waals surface area contributed by atoms with E-state index in [-0.39, 0.29) is 5.56 Å². The molecule has 0 spiro atoms. The summed E-state index contributed by atoms with van der Waals surface area (Å²) in [5, 5.41) is 7.10. The number of para-hydroxylation sites is 1. The first-order chi connectivity index (χ1) is 9.79. The molecule has 3 N–H and O–H groups in total. The van der Waals surface area contributed by atoms with Gasteiger partial charge in [-0.25, -0.2) is 4.68 Å². The Labute approximate surface area is 117 Å². The molecular weight excluding hydrogens is 256 g/mol. The Hall–Kier alpha value is -2.34. The van der Waals surface area contributed by atoms with E-state index in [0.717, 1.165) is 5.75 Å². The molecule has 0 fully saturated rings. The highest BCUT2D eigenvalue weighted by molar-refractivity contribution is 5.38. The molecule has 6 nitrogen and oxygen atoms in total. The van der Waals surface area contributed by atoms with E-state index in [0.29, 0.717) is 31.9 Å². The average molecular weight is 274 g/mol. The van der Waals surface area contributed by atoms with Crippen LogP contribution in [0.15, 0.2) is 47.4 Å². The summed E-state index contributed by atoms with van der Waals surface area (Å²) in [6.45, 7) is 1.92. The monoisotopic (exact) mass is 274 g/mol. The largest absolute Gasteiger partial charge is 0.492 e. The van der Waals surface area contributed by atoms with Gasteiger partial charge in [-0.1, -0.05) is 18.2 Å². The van der Waals surface area contributed by atoms with Crippen LogP contribution in [0.4, 0.5) is 5.69 Å². The van der Waals surface area contributed by atoms with Gasteiger partial charge < -0.3 is 15.8 Å². The molecule has 0 atom stereocenters. The number of benzene rings is 1. The lowest BCUT2D eigenvalue weighted by Gasteiger charge is -2.08. The minimum atomic E-state index is -0.163. The number of anilines is 1. The molecule has 0 radical (unpaired) electrons. The van der Waals surface area contributed by atoms with E-state index >= 15 is 0 Å². The molecule has 1 aromatic heterocycles. The van der Waals surface area contributed by atoms with Gasteiger partial charge in [-0.15, -0.1) is 0 Å². The number of nitrogens with two attached hydrogens (primary N) is 1. The van der Waals surface area contributed by atoms with Crippen molar-refractivity contribution in [3.63, 3.8) is 0 Å². The van der Waals surface area contributed by atoms with E-state index in [1.165, 1.54) is 10.7 Å². The molecule has 0 unspecified atom stereocenters. The molecule has 106 valence electrons. The van der Waals surface area contributed by atoms with E-state index < -0.39 is 0 Å². The number of nitrogens with zero attached hydrogens (tertiary/aromatic N) is 2. The van der Waals surface area contributed by atoms with Crippen LogP contribution in [0.3, 0.4) is 0 Å². The summed E-state index contributed by atoms with van der Waals surface area (Å²) in [6, 6.07) is 11.0. The minimum absolute atomic E-state index is 0.163. The molecule has 1 aromatic carbocycles. The maximum atomic E-state index is 11.8. The first-order valence-corrected chi connectivity index (χ1v) is 6.48. The lowest BCUT2D eigenvalue weighted by Crippen LogP contribution is -2.25. The number of ether oxygens (including phenoxy) is 1. The lowest BCUT2D eigenvalue weighted by atomic mass is 10.3. The molecule has 0 aliphatic rings. The number of rotatable bonds is 7. The zero-order chi connectivity index (χ0) is 14.2. The normalized spacial score (nSPS) is 10.2. The molecule has 6 heteroatoms. The van der Waals surface area contributed by atoms with Gasteiger partial charge in [0.1, 0.15) is 12.4 Å². The zero-order valence-electron chi connectivity index (χ0n) is 11.2. The summed E-state index contributed by atoms with van der Waals surface area (Å²) in [7, 11) is 0. The van der Waals surface area contributed by atoms with Gasteiger partial charge >= 0.3 is 0 Å². The first-order valence-electron chi connectivity index (χ1n) is 6.48. The molecule has 0 bridgehead atoms. The molecule has 0 aliphatic heterocycles. The summed E-state index contributed by atoms with van der Waals surface area (Å²) in [6.07, 6.45) is 1.61. The van der Waals surface area contributed by atoms with Crippen molar-refractivity contribution in [1.82, 2.24) is 9.78 Å². The van der Waals surface area contributed by atoms with Gasteiger partial charge in [0.15, 0.2) is 0 Å². The van der Waals surface area contributed by atoms with Crippen LogP contribution in [0, 0.1) is 0 Å². The molecule has 2 rings (SSSR count). The second-order valence-electron chi connectivity index (χ2n) is 4.18. The number of nitrogens with one attached hydrogen (secondary N) is 1. The van der Waals surface area contributed by atoms with Gasteiger partial charge in [0.05, 0.1) is 18.4 Å². The molecule has 0 saturated heterocycles. The van der Waals surface area contributed by atoms with Gasteiger partial charge in [0.25, 0.3) is 5.56 Å². The molecule has 20 heavy (non-hydrogen) atoms. The molecular formula is C14H18N4O2. The zero-order valence-corrected chi connectivity index (χ0v) is 11.2. The Kier molecular flexibility index (Phi) is 5.14. The third kappa shape index (κ3) is 4.10. The van der Waals surface area contributed by atoms with Crippen LogP contribution in [-0.4, -0.2) is 29.5 Å². The Bertz CT molecular complexity index is 583. The van der Waals surface area contributed by atoms with Crippen LogP contribution in [0.5, 0.6) is 5.75 Å². The molecule has 0 aliphatic carbocycles. The van der Waals surface area contributed by atoms with Gasteiger partial charge in [-0.05, 0) is 12.1 Å². The summed E-state index contributed by atoms with van der Waals surface area (Å²) in [5.41, 5.74) is 5.90. The molecule has 0 saturated carbocycles. The highest BCUT2D eigenvalue weighted by Gasteiger charge is 2.00. The molecule has 2 aromatic rings. The van der Waals surface area contributed by atoms with Crippen molar-refractivity contribution in [1.29, 1.82) is 0 Å². The van der Waals surface area contributed by atoms with Crippen molar-refractivity contribution in [3.8, 4) is 5.75 Å². The maximum absolute atomic E-state index is 11.8. The predicted octanol–water partition coefficient (Wildman–Crippen LogP) is 0.693. The predicted molar refractivity (Wildman–Crippen MR) is 78.0 cm³/mol. The van der Waals surface area contributed by atoms with Crippen molar-refractivity contribution in [2.24, 2.45) is 5.73 Å². The summed E-state index contributed by atoms with van der Waals surface area (Å²) in [5.74, 6) is 0.779. The van der Waals surface area contributed by atoms with Gasteiger partial charge in [0, 0.05) is 19.2 Å². The second kappa shape index (κ2) is 7.30. The van der Waals surface area contributed by atoms with Crippen LogP contribution in [0.1, 0.15) is 0 Å². The summed E-state index contributed by atoms with van der Waals surface area (Å²) >= 11 is 0. The van der Waals surface area contributed by atoms with Gasteiger partial charge in [-0.3, -0.25) is 4.79 Å². The lowest BCUT2D eigenvalue weighted by molar-refractivity contribution is 0.288. The fourth-order valence-electron chi connectivity index (χ4n) is 1.68. The topological polar surface area (TPSA) is 82.2 Å².